The highest BCUT2D eigenvalue weighted by Gasteiger charge is 2.30. The third-order valence-electron chi connectivity index (χ3n) is 7.76. The van der Waals surface area contributed by atoms with Crippen LogP contribution in [0.1, 0.15) is 45.1 Å². The van der Waals surface area contributed by atoms with E-state index in [1.807, 2.05) is 42.5 Å². The maximum atomic E-state index is 14.1. The van der Waals surface area contributed by atoms with Gasteiger partial charge in [-0.25, -0.2) is 13.6 Å². The first-order valence-electron chi connectivity index (χ1n) is 14.1. The van der Waals surface area contributed by atoms with Gasteiger partial charge in [0, 0.05) is 23.1 Å². The summed E-state index contributed by atoms with van der Waals surface area (Å²) < 4.78 is 39.0. The lowest BCUT2D eigenvalue weighted by molar-refractivity contribution is 0.0948. The van der Waals surface area contributed by atoms with E-state index in [2.05, 4.69) is 10.3 Å². The summed E-state index contributed by atoms with van der Waals surface area (Å²) in [6.07, 6.45) is 0.895. The van der Waals surface area contributed by atoms with E-state index < -0.39 is 29.1 Å². The van der Waals surface area contributed by atoms with Crippen molar-refractivity contribution < 1.29 is 27.8 Å². The molecule has 0 saturated carbocycles. The van der Waals surface area contributed by atoms with Gasteiger partial charge in [0.15, 0.2) is 11.6 Å². The summed E-state index contributed by atoms with van der Waals surface area (Å²) in [6, 6.07) is 25.2. The molecular formula is C35H28F2N2O5. The number of aromatic nitrogens is 1. The summed E-state index contributed by atoms with van der Waals surface area (Å²) in [4.78, 5) is 29.6. The van der Waals surface area contributed by atoms with Gasteiger partial charge in [0.2, 0.25) is 0 Å². The van der Waals surface area contributed by atoms with Crippen molar-refractivity contribution in [3.63, 3.8) is 0 Å². The van der Waals surface area contributed by atoms with E-state index in [9.17, 15) is 23.5 Å². The van der Waals surface area contributed by atoms with Gasteiger partial charge in [-0.3, -0.25) is 4.79 Å². The average molecular weight is 595 g/mol. The number of para-hydroxylation sites is 2. The van der Waals surface area contributed by atoms with Crippen molar-refractivity contribution in [1.82, 2.24) is 10.3 Å². The maximum absolute atomic E-state index is 14.1. The highest BCUT2D eigenvalue weighted by Crippen LogP contribution is 2.42. The molecule has 6 rings (SSSR count). The Hall–Kier alpha value is -5.44. The van der Waals surface area contributed by atoms with Gasteiger partial charge in [-0.15, -0.1) is 0 Å². The van der Waals surface area contributed by atoms with Crippen molar-refractivity contribution in [2.45, 2.75) is 18.8 Å². The molecule has 44 heavy (non-hydrogen) atoms. The molecule has 0 fully saturated rings. The lowest BCUT2D eigenvalue weighted by atomic mass is 9.85. The number of aromatic hydroxyl groups is 1. The molecule has 0 aliphatic rings. The van der Waals surface area contributed by atoms with Gasteiger partial charge in [-0.05, 0) is 66.4 Å². The van der Waals surface area contributed by atoms with Crippen molar-refractivity contribution in [3.05, 3.63) is 141 Å². The van der Waals surface area contributed by atoms with Crippen molar-refractivity contribution in [3.8, 4) is 11.5 Å². The van der Waals surface area contributed by atoms with E-state index in [0.29, 0.717) is 35.2 Å². The van der Waals surface area contributed by atoms with Crippen LogP contribution in [0.2, 0.25) is 0 Å². The Labute approximate surface area is 250 Å². The number of carbonyl (C=O) groups is 1. The molecule has 9 heteroatoms. The zero-order valence-electron chi connectivity index (χ0n) is 23.7. The van der Waals surface area contributed by atoms with E-state index in [0.717, 1.165) is 22.5 Å². The van der Waals surface area contributed by atoms with Crippen molar-refractivity contribution in [1.29, 1.82) is 0 Å². The van der Waals surface area contributed by atoms with E-state index in [1.165, 1.54) is 12.1 Å². The topological polar surface area (TPSA) is 105 Å². The average Bonchev–Trinajstić information content (AvgIpc) is 3.40. The minimum absolute atomic E-state index is 0.0691. The highest BCUT2D eigenvalue weighted by atomic mass is 19.2. The molecular weight excluding hydrogens is 566 g/mol. The van der Waals surface area contributed by atoms with Crippen LogP contribution in [-0.2, 0) is 6.42 Å². The Morgan fingerprint density at radius 1 is 0.977 bits per heavy atom. The molecule has 0 bridgehead atoms. The fraction of sp³-hybridized carbons (Fsp3) is 0.143. The first-order chi connectivity index (χ1) is 21.4. The molecule has 222 valence electrons. The van der Waals surface area contributed by atoms with Crippen LogP contribution in [0.3, 0.4) is 0 Å². The number of methoxy groups -OCH3 is 1. The number of ether oxygens (including phenoxy) is 1. The van der Waals surface area contributed by atoms with Crippen molar-refractivity contribution >= 4 is 27.8 Å². The van der Waals surface area contributed by atoms with E-state index in [1.54, 1.807) is 37.4 Å². The summed E-state index contributed by atoms with van der Waals surface area (Å²) in [5.74, 6) is -3.38. The van der Waals surface area contributed by atoms with Gasteiger partial charge in [0.1, 0.15) is 17.1 Å². The number of fused-ring (bicyclic) bond motifs is 2. The van der Waals surface area contributed by atoms with Gasteiger partial charge in [0.25, 0.3) is 5.91 Å². The van der Waals surface area contributed by atoms with Crippen LogP contribution in [0.4, 0.5) is 8.78 Å². The van der Waals surface area contributed by atoms with Crippen LogP contribution in [0, 0.1) is 11.6 Å². The summed E-state index contributed by atoms with van der Waals surface area (Å²) in [5.41, 5.74) is 2.33. The van der Waals surface area contributed by atoms with Crippen molar-refractivity contribution in [2.75, 3.05) is 13.7 Å². The molecule has 0 radical (unpaired) electrons. The predicted molar refractivity (Wildman–Crippen MR) is 163 cm³/mol. The van der Waals surface area contributed by atoms with Gasteiger partial charge < -0.3 is 24.6 Å². The molecule has 0 aliphatic heterocycles. The third-order valence-corrected chi connectivity index (χ3v) is 7.76. The number of carbonyl (C=O) groups excluding carboxylic acids is 1. The Morgan fingerprint density at radius 3 is 2.55 bits per heavy atom. The number of H-pyrrole nitrogens is 1. The minimum Gasteiger partial charge on any atom is -0.507 e. The number of benzene rings is 4. The molecule has 0 saturated heterocycles. The highest BCUT2D eigenvalue weighted by molar-refractivity contribution is 5.94. The van der Waals surface area contributed by atoms with E-state index >= 15 is 0 Å². The number of hydrogen-bond acceptors (Lipinski definition) is 5. The monoisotopic (exact) mass is 594 g/mol. The van der Waals surface area contributed by atoms with Crippen LogP contribution in [0.5, 0.6) is 11.5 Å². The summed E-state index contributed by atoms with van der Waals surface area (Å²) in [7, 11) is 1.55. The summed E-state index contributed by atoms with van der Waals surface area (Å²) >= 11 is 0. The molecule has 0 aliphatic carbocycles. The van der Waals surface area contributed by atoms with Crippen molar-refractivity contribution in [2.24, 2.45) is 0 Å². The van der Waals surface area contributed by atoms with Gasteiger partial charge in [-0.1, -0.05) is 48.5 Å². The Bertz CT molecular complexity index is 2070. The Balaban J connectivity index is 1.43. The molecule has 3 N–H and O–H groups in total. The number of nitrogens with one attached hydrogen (secondary N) is 2. The first-order valence-corrected chi connectivity index (χ1v) is 14.1. The smallest absolute Gasteiger partial charge is 0.344 e. The number of amides is 1. The van der Waals surface area contributed by atoms with Crippen LogP contribution >= 0.6 is 0 Å². The molecule has 0 spiro atoms. The quantitative estimate of drug-likeness (QED) is 0.126. The SMILES string of the molecule is COc1cccc(C(c2[nH]c3ccccc3c2CCCNC(=O)c2cccc(F)c2F)c2c(O)c3ccccc3oc2=O)c1. The molecule has 1 unspecified atom stereocenters. The predicted octanol–water partition coefficient (Wildman–Crippen LogP) is 6.81. The maximum Gasteiger partial charge on any atom is 0.344 e. The second-order valence-electron chi connectivity index (χ2n) is 10.4. The zero-order chi connectivity index (χ0) is 30.8. The van der Waals surface area contributed by atoms with Crippen LogP contribution in [0.15, 0.2) is 100 Å². The van der Waals surface area contributed by atoms with Gasteiger partial charge in [-0.2, -0.15) is 0 Å². The number of rotatable bonds is 9. The fourth-order valence-electron chi connectivity index (χ4n) is 5.68. The van der Waals surface area contributed by atoms with E-state index in [4.69, 9.17) is 9.15 Å². The lowest BCUT2D eigenvalue weighted by Crippen LogP contribution is -2.26. The number of halogens is 2. The Kier molecular flexibility index (Phi) is 7.85. The second-order valence-corrected chi connectivity index (χ2v) is 10.4. The van der Waals surface area contributed by atoms with Crippen LogP contribution in [0.25, 0.3) is 21.9 Å². The summed E-state index contributed by atoms with van der Waals surface area (Å²) in [5, 5.41) is 15.5. The third kappa shape index (κ3) is 5.28. The summed E-state index contributed by atoms with van der Waals surface area (Å²) in [6.45, 7) is 0.181. The normalized spacial score (nSPS) is 12.0. The van der Waals surface area contributed by atoms with Gasteiger partial charge >= 0.3 is 5.63 Å². The first kappa shape index (κ1) is 28.7. The molecule has 1 atom stereocenters. The lowest BCUT2D eigenvalue weighted by Gasteiger charge is -2.20. The molecule has 2 aromatic heterocycles. The number of aromatic amines is 1. The zero-order valence-corrected chi connectivity index (χ0v) is 23.7. The number of aryl methyl sites for hydroxylation is 1. The Morgan fingerprint density at radius 2 is 1.73 bits per heavy atom. The van der Waals surface area contributed by atoms with Gasteiger partial charge in [0.05, 0.1) is 29.5 Å². The minimum atomic E-state index is -1.20. The van der Waals surface area contributed by atoms with Crippen LogP contribution < -0.4 is 15.7 Å². The molecule has 2 heterocycles. The van der Waals surface area contributed by atoms with Crippen LogP contribution in [-0.4, -0.2) is 29.7 Å². The largest absolute Gasteiger partial charge is 0.507 e. The molecule has 1 amide bonds. The fourth-order valence-corrected chi connectivity index (χ4v) is 5.68. The molecule has 4 aromatic carbocycles. The second kappa shape index (κ2) is 12.0. The number of hydrogen-bond donors (Lipinski definition) is 3. The molecule has 7 nitrogen and oxygen atoms in total. The molecule has 6 aromatic rings. The standard InChI is InChI=1S/C35H28F2N2O5/c1-43-21-10-6-9-20(19-21)29(30-33(40)24-12-3-5-17-28(24)44-35(30)42)32-23(22-11-2-4-16-27(22)39-32)14-8-18-38-34(41)25-13-7-15-26(36)31(25)37/h2-7,9-13,15-17,19,29,39-40H,8,14,18H2,1H3,(H,38,41). The van der Waals surface area contributed by atoms with E-state index in [-0.39, 0.29) is 29.0 Å².